The zero-order chi connectivity index (χ0) is 19.1. The summed E-state index contributed by atoms with van der Waals surface area (Å²) in [6.07, 6.45) is 1.90. The van der Waals surface area contributed by atoms with Crippen molar-refractivity contribution in [3.8, 4) is 0 Å². The van der Waals surface area contributed by atoms with Crippen LogP contribution < -0.4 is 11.1 Å². The van der Waals surface area contributed by atoms with Crippen molar-refractivity contribution >= 4 is 11.9 Å². The Hall–Kier alpha value is -1.92. The first-order valence-corrected chi connectivity index (χ1v) is 9.13. The molecular weight excluding hydrogens is 332 g/mol. The molecule has 6 heteroatoms. The maximum Gasteiger partial charge on any atom is 0.337 e. The van der Waals surface area contributed by atoms with Crippen molar-refractivity contribution in [3.63, 3.8) is 0 Å². The lowest BCUT2D eigenvalue weighted by Gasteiger charge is -2.65. The van der Waals surface area contributed by atoms with Crippen LogP contribution in [-0.2, 0) is 14.3 Å². The Morgan fingerprint density at radius 3 is 2.58 bits per heavy atom. The maximum absolute atomic E-state index is 13.1. The summed E-state index contributed by atoms with van der Waals surface area (Å²) in [7, 11) is 1.35. The van der Waals surface area contributed by atoms with Crippen LogP contribution in [0.4, 0.5) is 0 Å². The molecule has 1 heterocycles. The average molecular weight is 360 g/mol. The van der Waals surface area contributed by atoms with E-state index in [9.17, 15) is 9.59 Å². The van der Waals surface area contributed by atoms with Gasteiger partial charge in [-0.2, -0.15) is 0 Å². The number of carbonyl (C=O) groups excluding carboxylic acids is 2. The van der Waals surface area contributed by atoms with Crippen LogP contribution in [0.3, 0.4) is 0 Å². The van der Waals surface area contributed by atoms with Crippen molar-refractivity contribution in [2.24, 2.45) is 17.1 Å². The van der Waals surface area contributed by atoms with E-state index in [4.69, 9.17) is 15.2 Å². The second-order valence-electron chi connectivity index (χ2n) is 7.94. The molecule has 4 unspecified atom stereocenters. The van der Waals surface area contributed by atoms with Gasteiger partial charge in [-0.15, -0.1) is 0 Å². The molecule has 1 aromatic rings. The molecule has 0 spiro atoms. The quantitative estimate of drug-likeness (QED) is 0.803. The van der Waals surface area contributed by atoms with Gasteiger partial charge in [-0.25, -0.2) is 4.79 Å². The van der Waals surface area contributed by atoms with Gasteiger partial charge in [0.2, 0.25) is 5.91 Å². The number of rotatable bonds is 4. The summed E-state index contributed by atoms with van der Waals surface area (Å²) in [6.45, 7) is 6.67. The number of fused-ring (bicyclic) bond motifs is 1. The summed E-state index contributed by atoms with van der Waals surface area (Å²) in [4.78, 5) is 24.6. The van der Waals surface area contributed by atoms with Crippen molar-refractivity contribution in [1.82, 2.24) is 5.32 Å². The second kappa shape index (κ2) is 6.67. The predicted molar refractivity (Wildman–Crippen MR) is 97.5 cm³/mol. The van der Waals surface area contributed by atoms with E-state index in [0.29, 0.717) is 5.56 Å². The van der Waals surface area contributed by atoms with E-state index < -0.39 is 11.0 Å². The molecule has 1 aliphatic carbocycles. The fourth-order valence-electron chi connectivity index (χ4n) is 4.46. The van der Waals surface area contributed by atoms with Crippen LogP contribution >= 0.6 is 0 Å². The lowest BCUT2D eigenvalue weighted by atomic mass is 9.46. The molecule has 0 radical (unpaired) electrons. The standard InChI is InChI=1S/C20H28N2O4/c1-12(13-7-9-14(10-8-13)17(23)25-4)22-18(24)20(21)15-6-5-11-26-16(15)19(20,2)3/h7-10,12,15-16H,5-6,11,21H2,1-4H3,(H,22,24). The zero-order valence-corrected chi connectivity index (χ0v) is 15.9. The van der Waals surface area contributed by atoms with E-state index in [1.165, 1.54) is 7.11 Å². The van der Waals surface area contributed by atoms with Crippen molar-refractivity contribution in [3.05, 3.63) is 35.4 Å². The largest absolute Gasteiger partial charge is 0.465 e. The van der Waals surface area contributed by atoms with Gasteiger partial charge in [0.25, 0.3) is 0 Å². The van der Waals surface area contributed by atoms with E-state index in [-0.39, 0.29) is 29.9 Å². The SMILES string of the molecule is COC(=O)c1ccc(C(C)NC(=O)C2(N)C3CCCOC3C2(C)C)cc1. The smallest absolute Gasteiger partial charge is 0.337 e. The van der Waals surface area contributed by atoms with E-state index in [0.717, 1.165) is 25.0 Å². The van der Waals surface area contributed by atoms with Crippen molar-refractivity contribution in [2.75, 3.05) is 13.7 Å². The number of methoxy groups -OCH3 is 1. The highest BCUT2D eigenvalue weighted by atomic mass is 16.5. The number of ether oxygens (including phenoxy) is 2. The van der Waals surface area contributed by atoms with Gasteiger partial charge in [0.15, 0.2) is 0 Å². The minimum atomic E-state index is -0.932. The third kappa shape index (κ3) is 2.72. The Bertz CT molecular complexity index is 700. The molecule has 3 N–H and O–H groups in total. The first kappa shape index (κ1) is 18.9. The van der Waals surface area contributed by atoms with Crippen LogP contribution in [0.5, 0.6) is 0 Å². The van der Waals surface area contributed by atoms with Crippen molar-refractivity contribution < 1.29 is 19.1 Å². The fourth-order valence-corrected chi connectivity index (χ4v) is 4.46. The molecule has 2 fully saturated rings. The minimum absolute atomic E-state index is 0.0432. The lowest BCUT2D eigenvalue weighted by Crippen LogP contribution is -2.82. The number of hydrogen-bond donors (Lipinski definition) is 2. The first-order valence-electron chi connectivity index (χ1n) is 9.13. The highest BCUT2D eigenvalue weighted by Crippen LogP contribution is 2.57. The molecule has 1 amide bonds. The highest BCUT2D eigenvalue weighted by Gasteiger charge is 2.70. The topological polar surface area (TPSA) is 90.7 Å². The predicted octanol–water partition coefficient (Wildman–Crippen LogP) is 2.18. The first-order chi connectivity index (χ1) is 12.2. The number of hydrogen-bond acceptors (Lipinski definition) is 5. The third-order valence-electron chi connectivity index (χ3n) is 6.24. The number of carbonyl (C=O) groups is 2. The molecule has 0 aromatic heterocycles. The molecule has 4 atom stereocenters. The number of nitrogens with two attached hydrogens (primary N) is 1. The van der Waals surface area contributed by atoms with Crippen LogP contribution in [0, 0.1) is 11.3 Å². The molecule has 1 saturated heterocycles. The third-order valence-corrected chi connectivity index (χ3v) is 6.24. The monoisotopic (exact) mass is 360 g/mol. The van der Waals surface area contributed by atoms with Gasteiger partial charge >= 0.3 is 5.97 Å². The summed E-state index contributed by atoms with van der Waals surface area (Å²) >= 11 is 0. The van der Waals surface area contributed by atoms with Crippen LogP contribution in [0.1, 0.15) is 55.6 Å². The van der Waals surface area contributed by atoms with Crippen LogP contribution in [0.2, 0.25) is 0 Å². The Kier molecular flexibility index (Phi) is 4.84. The molecule has 1 saturated carbocycles. The number of benzene rings is 1. The van der Waals surface area contributed by atoms with Gasteiger partial charge in [-0.05, 0) is 37.5 Å². The molecular formula is C20H28N2O4. The van der Waals surface area contributed by atoms with E-state index in [1.807, 2.05) is 32.9 Å². The summed E-state index contributed by atoms with van der Waals surface area (Å²) in [5.41, 5.74) is 6.68. The van der Waals surface area contributed by atoms with Gasteiger partial charge in [-0.1, -0.05) is 26.0 Å². The maximum atomic E-state index is 13.1. The average Bonchev–Trinajstić information content (AvgIpc) is 2.66. The van der Waals surface area contributed by atoms with Crippen LogP contribution in [-0.4, -0.2) is 37.2 Å². The fraction of sp³-hybridized carbons (Fsp3) is 0.600. The molecule has 26 heavy (non-hydrogen) atoms. The molecule has 3 rings (SSSR count). The van der Waals surface area contributed by atoms with Crippen molar-refractivity contribution in [1.29, 1.82) is 0 Å². The van der Waals surface area contributed by atoms with E-state index in [1.54, 1.807) is 12.1 Å². The van der Waals surface area contributed by atoms with E-state index >= 15 is 0 Å². The van der Waals surface area contributed by atoms with E-state index in [2.05, 4.69) is 5.32 Å². The molecule has 1 aliphatic heterocycles. The van der Waals surface area contributed by atoms with Crippen LogP contribution in [0.25, 0.3) is 0 Å². The molecule has 6 nitrogen and oxygen atoms in total. The Labute approximate surface area is 154 Å². The van der Waals surface area contributed by atoms with Crippen molar-refractivity contribution in [2.45, 2.75) is 51.3 Å². The van der Waals surface area contributed by atoms with Crippen LogP contribution in [0.15, 0.2) is 24.3 Å². The normalized spacial score (nSPS) is 30.5. The molecule has 0 bridgehead atoms. The summed E-state index contributed by atoms with van der Waals surface area (Å²) in [6, 6.07) is 6.81. The van der Waals surface area contributed by atoms with Gasteiger partial charge < -0.3 is 20.5 Å². The number of esters is 1. The lowest BCUT2D eigenvalue weighted by molar-refractivity contribution is -0.225. The minimum Gasteiger partial charge on any atom is -0.465 e. The summed E-state index contributed by atoms with van der Waals surface area (Å²) < 4.78 is 10.6. The molecule has 142 valence electrons. The van der Waals surface area contributed by atoms with Gasteiger partial charge in [-0.3, -0.25) is 4.79 Å². The Morgan fingerprint density at radius 2 is 1.96 bits per heavy atom. The van der Waals surface area contributed by atoms with Gasteiger partial charge in [0.1, 0.15) is 5.54 Å². The van der Waals surface area contributed by atoms with Gasteiger partial charge in [0, 0.05) is 17.9 Å². The Morgan fingerprint density at radius 1 is 1.31 bits per heavy atom. The molecule has 1 aromatic carbocycles. The summed E-state index contributed by atoms with van der Waals surface area (Å²) in [5.74, 6) is -0.465. The Balaban J connectivity index is 1.72. The zero-order valence-electron chi connectivity index (χ0n) is 15.9. The molecule has 2 aliphatic rings. The highest BCUT2D eigenvalue weighted by molar-refractivity contribution is 5.90. The van der Waals surface area contributed by atoms with Gasteiger partial charge in [0.05, 0.1) is 24.8 Å². The second-order valence-corrected chi connectivity index (χ2v) is 7.94. The number of amides is 1. The summed E-state index contributed by atoms with van der Waals surface area (Å²) in [5, 5.41) is 3.05. The number of nitrogens with one attached hydrogen (secondary N) is 1.